The molecular formula is C30H25N5O. The van der Waals surface area contributed by atoms with E-state index in [4.69, 9.17) is 5.26 Å². The molecule has 1 saturated heterocycles. The molecule has 0 aliphatic carbocycles. The van der Waals surface area contributed by atoms with E-state index in [1.165, 1.54) is 49.7 Å². The zero-order chi connectivity index (χ0) is 24.5. The summed E-state index contributed by atoms with van der Waals surface area (Å²) in [5.41, 5.74) is 2.87. The van der Waals surface area contributed by atoms with Crippen molar-refractivity contribution in [3.8, 4) is 6.07 Å². The Kier molecular flexibility index (Phi) is 5.68. The Morgan fingerprint density at radius 1 is 0.778 bits per heavy atom. The highest BCUT2D eigenvalue weighted by Crippen LogP contribution is 2.33. The van der Waals surface area contributed by atoms with E-state index >= 15 is 0 Å². The fourth-order valence-electron chi connectivity index (χ4n) is 5.17. The largest absolute Gasteiger partial charge is 0.344 e. The van der Waals surface area contributed by atoms with E-state index in [9.17, 15) is 4.79 Å². The van der Waals surface area contributed by atoms with Crippen LogP contribution in [0.2, 0.25) is 0 Å². The van der Waals surface area contributed by atoms with Crippen molar-refractivity contribution in [2.24, 2.45) is 0 Å². The van der Waals surface area contributed by atoms with Crippen LogP contribution >= 0.6 is 0 Å². The molecule has 6 heteroatoms. The molecule has 6 rings (SSSR count). The van der Waals surface area contributed by atoms with Gasteiger partial charge in [-0.3, -0.25) is 4.90 Å². The molecule has 36 heavy (non-hydrogen) atoms. The van der Waals surface area contributed by atoms with Crippen molar-refractivity contribution in [1.82, 2.24) is 19.6 Å². The molecule has 0 atom stereocenters. The van der Waals surface area contributed by atoms with Crippen molar-refractivity contribution >= 4 is 27.6 Å². The number of carbonyl (C=O) groups is 1. The number of piperazine rings is 1. The summed E-state index contributed by atoms with van der Waals surface area (Å²) in [4.78, 5) is 17.2. The summed E-state index contributed by atoms with van der Waals surface area (Å²) in [7, 11) is 0. The van der Waals surface area contributed by atoms with Crippen LogP contribution in [-0.4, -0.2) is 51.8 Å². The van der Waals surface area contributed by atoms with Gasteiger partial charge in [-0.1, -0.05) is 72.8 Å². The molecule has 6 nitrogen and oxygen atoms in total. The minimum Gasteiger partial charge on any atom is -0.320 e. The number of fused-ring (bicyclic) bond motifs is 2. The third-order valence-electron chi connectivity index (χ3n) is 7.04. The summed E-state index contributed by atoms with van der Waals surface area (Å²) >= 11 is 0. The lowest BCUT2D eigenvalue weighted by molar-refractivity contribution is 0.119. The quantitative estimate of drug-likeness (QED) is 0.352. The predicted molar refractivity (Wildman–Crippen MR) is 141 cm³/mol. The fourth-order valence-corrected chi connectivity index (χ4v) is 5.17. The van der Waals surface area contributed by atoms with Crippen LogP contribution in [0.1, 0.15) is 22.7 Å². The summed E-state index contributed by atoms with van der Waals surface area (Å²) in [5.74, 6) is 0. The minimum atomic E-state index is -0.191. The maximum atomic E-state index is 12.9. The summed E-state index contributed by atoms with van der Waals surface area (Å²) < 4.78 is 1.26. The first kappa shape index (κ1) is 22.0. The molecule has 4 aromatic carbocycles. The average molecular weight is 472 g/mol. The Labute approximate surface area is 209 Å². The Hall–Kier alpha value is -4.47. The van der Waals surface area contributed by atoms with Gasteiger partial charge in [-0.25, -0.2) is 4.79 Å². The molecule has 0 unspecified atom stereocenters. The number of carbonyl (C=O) groups excluding carboxylic acids is 1. The number of hydrogen-bond acceptors (Lipinski definition) is 4. The summed E-state index contributed by atoms with van der Waals surface area (Å²) in [6, 6.07) is 32.2. The van der Waals surface area contributed by atoms with Gasteiger partial charge in [0.15, 0.2) is 0 Å². The van der Waals surface area contributed by atoms with Crippen molar-refractivity contribution in [2.75, 3.05) is 26.2 Å². The molecule has 5 aromatic rings. The standard InChI is InChI=1S/C30H25N5O/c31-19-22-20-32-35(21-22)30(36)34-15-13-33(14-16-34)29(27-11-9-23-5-1-3-7-25(23)17-27)28-12-10-24-6-2-4-8-26(24)18-28/h1-12,17-18,20-21,29H,13-16H2. The van der Waals surface area contributed by atoms with Crippen molar-refractivity contribution in [1.29, 1.82) is 5.26 Å². The molecule has 2 heterocycles. The van der Waals surface area contributed by atoms with E-state index in [0.29, 0.717) is 18.7 Å². The van der Waals surface area contributed by atoms with Gasteiger partial charge >= 0.3 is 6.03 Å². The third-order valence-corrected chi connectivity index (χ3v) is 7.04. The van der Waals surface area contributed by atoms with Gasteiger partial charge in [-0.15, -0.1) is 0 Å². The first-order valence-electron chi connectivity index (χ1n) is 12.1. The summed E-state index contributed by atoms with van der Waals surface area (Å²) in [6.45, 7) is 2.67. The molecule has 1 amide bonds. The van der Waals surface area contributed by atoms with Gasteiger partial charge in [-0.05, 0) is 44.8 Å². The van der Waals surface area contributed by atoms with Gasteiger partial charge in [0, 0.05) is 26.2 Å². The first-order chi connectivity index (χ1) is 17.7. The average Bonchev–Trinajstić information content (AvgIpc) is 3.43. The maximum Gasteiger partial charge on any atom is 0.344 e. The molecule has 1 aliphatic heterocycles. The van der Waals surface area contributed by atoms with Crippen LogP contribution in [-0.2, 0) is 0 Å². The fraction of sp³-hybridized carbons (Fsp3) is 0.167. The normalized spacial score (nSPS) is 14.4. The number of hydrogen-bond donors (Lipinski definition) is 0. The molecule has 0 spiro atoms. The van der Waals surface area contributed by atoms with Crippen molar-refractivity contribution in [2.45, 2.75) is 6.04 Å². The van der Waals surface area contributed by atoms with Gasteiger partial charge in [0.2, 0.25) is 0 Å². The minimum absolute atomic E-state index is 0.0753. The summed E-state index contributed by atoms with van der Waals surface area (Å²) in [5, 5.41) is 18.0. The van der Waals surface area contributed by atoms with Crippen LogP contribution in [0.4, 0.5) is 4.79 Å². The molecule has 0 saturated carbocycles. The third kappa shape index (κ3) is 4.10. The topological polar surface area (TPSA) is 65.2 Å². The van der Waals surface area contributed by atoms with Crippen LogP contribution in [0.3, 0.4) is 0 Å². The SMILES string of the molecule is N#Cc1cnn(C(=O)N2CCN(C(c3ccc4ccccc4c3)c3ccc4ccccc4c3)CC2)c1. The molecule has 1 aromatic heterocycles. The van der Waals surface area contributed by atoms with Crippen molar-refractivity contribution in [3.05, 3.63) is 114 Å². The predicted octanol–water partition coefficient (Wildman–Crippen LogP) is 5.44. The molecule has 0 N–H and O–H groups in total. The molecule has 0 bridgehead atoms. The van der Waals surface area contributed by atoms with Crippen molar-refractivity contribution < 1.29 is 4.79 Å². The second kappa shape index (κ2) is 9.29. The molecular weight excluding hydrogens is 446 g/mol. The molecule has 0 radical (unpaired) electrons. The van der Waals surface area contributed by atoms with E-state index < -0.39 is 0 Å². The Bertz CT molecular complexity index is 1530. The van der Waals surface area contributed by atoms with Crippen molar-refractivity contribution in [3.63, 3.8) is 0 Å². The van der Waals surface area contributed by atoms with Gasteiger partial charge < -0.3 is 4.90 Å². The number of aromatic nitrogens is 2. The number of rotatable bonds is 3. The zero-order valence-corrected chi connectivity index (χ0v) is 19.8. The van der Waals surface area contributed by atoms with E-state index in [0.717, 1.165) is 13.1 Å². The van der Waals surface area contributed by atoms with Gasteiger partial charge in [-0.2, -0.15) is 15.0 Å². The second-order valence-corrected chi connectivity index (χ2v) is 9.21. The van der Waals surface area contributed by atoms with Crippen LogP contribution in [0, 0.1) is 11.3 Å². The number of benzene rings is 4. The van der Waals surface area contributed by atoms with E-state index in [1.807, 2.05) is 11.0 Å². The second-order valence-electron chi connectivity index (χ2n) is 9.21. The molecule has 176 valence electrons. The number of nitrogens with zero attached hydrogens (tertiary/aromatic N) is 5. The van der Waals surface area contributed by atoms with E-state index in [-0.39, 0.29) is 12.1 Å². The highest BCUT2D eigenvalue weighted by molar-refractivity contribution is 5.85. The number of nitriles is 1. The van der Waals surface area contributed by atoms with Gasteiger partial charge in [0.25, 0.3) is 0 Å². The Morgan fingerprint density at radius 3 is 1.86 bits per heavy atom. The van der Waals surface area contributed by atoms with Crippen LogP contribution in [0.5, 0.6) is 0 Å². The summed E-state index contributed by atoms with van der Waals surface area (Å²) in [6.07, 6.45) is 2.91. The Morgan fingerprint density at radius 2 is 1.33 bits per heavy atom. The smallest absolute Gasteiger partial charge is 0.320 e. The lowest BCUT2D eigenvalue weighted by Gasteiger charge is -2.39. The van der Waals surface area contributed by atoms with Gasteiger partial charge in [0.1, 0.15) is 6.07 Å². The monoisotopic (exact) mass is 471 g/mol. The first-order valence-corrected chi connectivity index (χ1v) is 12.1. The highest BCUT2D eigenvalue weighted by Gasteiger charge is 2.29. The lowest BCUT2D eigenvalue weighted by atomic mass is 9.93. The van der Waals surface area contributed by atoms with Gasteiger partial charge in [0.05, 0.1) is 24.0 Å². The molecule has 1 aliphatic rings. The van der Waals surface area contributed by atoms with Crippen LogP contribution < -0.4 is 0 Å². The zero-order valence-electron chi connectivity index (χ0n) is 19.8. The van der Waals surface area contributed by atoms with E-state index in [2.05, 4.69) is 94.9 Å². The van der Waals surface area contributed by atoms with E-state index in [1.54, 1.807) is 0 Å². The lowest BCUT2D eigenvalue weighted by Crippen LogP contribution is -2.51. The van der Waals surface area contributed by atoms with Crippen LogP contribution in [0.25, 0.3) is 21.5 Å². The maximum absolute atomic E-state index is 12.9. The Balaban J connectivity index is 1.32. The number of amides is 1. The highest BCUT2D eigenvalue weighted by atomic mass is 16.2. The molecule has 1 fully saturated rings. The van der Waals surface area contributed by atoms with Crippen LogP contribution in [0.15, 0.2) is 97.3 Å².